The molecule has 3 nitrogen and oxygen atoms in total. The Bertz CT molecular complexity index is 333. The van der Waals surface area contributed by atoms with Crippen LogP contribution in [0.15, 0.2) is 24.3 Å². The summed E-state index contributed by atoms with van der Waals surface area (Å²) in [6, 6.07) is 7.59. The summed E-state index contributed by atoms with van der Waals surface area (Å²) in [7, 11) is 3.93. The molecule has 82 valence electrons. The van der Waals surface area contributed by atoms with E-state index in [1.165, 1.54) is 0 Å². The smallest absolute Gasteiger partial charge is 0.242 e. The maximum atomic E-state index is 11.3. The fourth-order valence-corrected chi connectivity index (χ4v) is 1.14. The minimum absolute atomic E-state index is 0.186. The lowest BCUT2D eigenvalue weighted by Gasteiger charge is -2.13. The third kappa shape index (κ3) is 3.44. The highest BCUT2D eigenvalue weighted by atomic mass is 35.5. The van der Waals surface area contributed by atoms with Gasteiger partial charge >= 0.3 is 0 Å². The molecule has 1 aromatic carbocycles. The lowest BCUT2D eigenvalue weighted by molar-refractivity contribution is -0.115. The van der Waals surface area contributed by atoms with Gasteiger partial charge in [-0.3, -0.25) is 4.79 Å². The van der Waals surface area contributed by atoms with Crippen molar-refractivity contribution in [3.05, 3.63) is 24.3 Å². The summed E-state index contributed by atoms with van der Waals surface area (Å²) in [6.45, 7) is 1.64. The predicted molar refractivity (Wildman–Crippen MR) is 64.7 cm³/mol. The number of carbonyl (C=O) groups excluding carboxylic acids is 1. The lowest BCUT2D eigenvalue weighted by atomic mass is 10.2. The highest BCUT2D eigenvalue weighted by Crippen LogP contribution is 2.16. The molecule has 0 aromatic heterocycles. The Morgan fingerprint density at radius 2 is 1.87 bits per heavy atom. The number of nitrogens with one attached hydrogen (secondary N) is 1. The number of carbonyl (C=O) groups is 1. The van der Waals surface area contributed by atoms with Gasteiger partial charge in [0, 0.05) is 25.5 Å². The Kier molecular flexibility index (Phi) is 3.97. The number of anilines is 2. The van der Waals surface area contributed by atoms with Gasteiger partial charge in [0.2, 0.25) is 5.91 Å². The summed E-state index contributed by atoms with van der Waals surface area (Å²) in [5, 5.41) is 2.20. The molecule has 0 saturated carbocycles. The maximum absolute atomic E-state index is 11.3. The van der Waals surface area contributed by atoms with E-state index in [9.17, 15) is 4.79 Å². The first-order valence-electron chi connectivity index (χ1n) is 4.73. The normalized spacial score (nSPS) is 12.0. The predicted octanol–water partition coefficient (Wildman–Crippen LogP) is 2.32. The van der Waals surface area contributed by atoms with Crippen LogP contribution in [-0.2, 0) is 4.79 Å². The van der Waals surface area contributed by atoms with Crippen LogP contribution in [0.1, 0.15) is 6.92 Å². The number of alkyl halides is 1. The summed E-state index contributed by atoms with van der Waals surface area (Å²) in [4.78, 5) is 13.3. The maximum Gasteiger partial charge on any atom is 0.242 e. The van der Waals surface area contributed by atoms with Crippen molar-refractivity contribution in [2.45, 2.75) is 12.3 Å². The Morgan fingerprint density at radius 1 is 1.33 bits per heavy atom. The van der Waals surface area contributed by atoms with Crippen molar-refractivity contribution < 1.29 is 4.79 Å². The van der Waals surface area contributed by atoms with E-state index in [0.717, 1.165) is 11.4 Å². The van der Waals surface area contributed by atoms with Crippen LogP contribution in [0.5, 0.6) is 0 Å². The Hall–Kier alpha value is -1.22. The van der Waals surface area contributed by atoms with E-state index in [0.29, 0.717) is 0 Å². The van der Waals surface area contributed by atoms with Gasteiger partial charge in [-0.05, 0) is 31.2 Å². The van der Waals surface area contributed by atoms with Gasteiger partial charge in [-0.1, -0.05) is 0 Å². The van der Waals surface area contributed by atoms with Gasteiger partial charge < -0.3 is 10.2 Å². The van der Waals surface area contributed by atoms with Crippen LogP contribution in [-0.4, -0.2) is 25.4 Å². The molecule has 1 amide bonds. The van der Waals surface area contributed by atoms with Crippen molar-refractivity contribution in [3.63, 3.8) is 0 Å². The number of amides is 1. The van der Waals surface area contributed by atoms with Crippen LogP contribution in [0.2, 0.25) is 0 Å². The van der Waals surface area contributed by atoms with Crippen molar-refractivity contribution in [3.8, 4) is 0 Å². The molecule has 1 N–H and O–H groups in total. The molecule has 0 aliphatic carbocycles. The summed E-state index contributed by atoms with van der Waals surface area (Å²) >= 11 is 5.64. The van der Waals surface area contributed by atoms with Crippen molar-refractivity contribution in [1.82, 2.24) is 0 Å². The molecule has 15 heavy (non-hydrogen) atoms. The topological polar surface area (TPSA) is 32.3 Å². The zero-order valence-electron chi connectivity index (χ0n) is 9.12. The first-order valence-corrected chi connectivity index (χ1v) is 5.16. The van der Waals surface area contributed by atoms with Gasteiger partial charge in [-0.2, -0.15) is 0 Å². The zero-order valence-corrected chi connectivity index (χ0v) is 9.88. The van der Waals surface area contributed by atoms with Crippen LogP contribution < -0.4 is 10.2 Å². The molecule has 0 heterocycles. The largest absolute Gasteiger partial charge is 0.378 e. The monoisotopic (exact) mass is 226 g/mol. The zero-order chi connectivity index (χ0) is 11.4. The summed E-state index contributed by atoms with van der Waals surface area (Å²) in [6.07, 6.45) is 0. The van der Waals surface area contributed by atoms with Crippen LogP contribution in [0.4, 0.5) is 11.4 Å². The highest BCUT2D eigenvalue weighted by Gasteiger charge is 2.08. The molecule has 0 spiro atoms. The first kappa shape index (κ1) is 11.9. The molecule has 4 heteroatoms. The van der Waals surface area contributed by atoms with E-state index in [1.807, 2.05) is 43.3 Å². The third-order valence-corrected chi connectivity index (χ3v) is 2.21. The van der Waals surface area contributed by atoms with Crippen LogP contribution in [0.3, 0.4) is 0 Å². The average Bonchev–Trinajstić information content (AvgIpc) is 2.18. The summed E-state index contributed by atoms with van der Waals surface area (Å²) in [5.41, 5.74) is 1.85. The van der Waals surface area contributed by atoms with E-state index in [2.05, 4.69) is 5.32 Å². The van der Waals surface area contributed by atoms with E-state index in [1.54, 1.807) is 6.92 Å². The Morgan fingerprint density at radius 3 is 2.27 bits per heavy atom. The molecule has 0 aliphatic heterocycles. The first-order chi connectivity index (χ1) is 7.00. The molecular formula is C11H15ClN2O. The van der Waals surface area contributed by atoms with Crippen LogP contribution in [0.25, 0.3) is 0 Å². The number of nitrogens with zero attached hydrogens (tertiary/aromatic N) is 1. The van der Waals surface area contributed by atoms with E-state index < -0.39 is 5.38 Å². The fourth-order valence-electron chi connectivity index (χ4n) is 1.08. The van der Waals surface area contributed by atoms with Gasteiger partial charge in [0.05, 0.1) is 0 Å². The fraction of sp³-hybridized carbons (Fsp3) is 0.364. The van der Waals surface area contributed by atoms with Crippen molar-refractivity contribution in [2.24, 2.45) is 0 Å². The number of rotatable bonds is 3. The Labute approximate surface area is 95.0 Å². The van der Waals surface area contributed by atoms with Crippen molar-refractivity contribution in [1.29, 1.82) is 0 Å². The molecule has 1 unspecified atom stereocenters. The molecule has 0 bridgehead atoms. The van der Waals surface area contributed by atoms with E-state index in [-0.39, 0.29) is 5.91 Å². The van der Waals surface area contributed by atoms with Gasteiger partial charge in [-0.25, -0.2) is 0 Å². The second-order valence-electron chi connectivity index (χ2n) is 3.55. The molecule has 0 aliphatic rings. The van der Waals surface area contributed by atoms with E-state index >= 15 is 0 Å². The van der Waals surface area contributed by atoms with Crippen LogP contribution >= 0.6 is 11.6 Å². The van der Waals surface area contributed by atoms with E-state index in [4.69, 9.17) is 11.6 Å². The highest BCUT2D eigenvalue weighted by molar-refractivity contribution is 6.32. The standard InChI is InChI=1S/C11H15ClN2O/c1-8(12)11(15)13-9-4-6-10(7-5-9)14(2)3/h4-8H,1-3H3,(H,13,15). The molecule has 0 fully saturated rings. The summed E-state index contributed by atoms with van der Waals surface area (Å²) in [5.74, 6) is -0.186. The molecule has 1 aromatic rings. The molecule has 1 atom stereocenters. The average molecular weight is 227 g/mol. The van der Waals surface area contributed by atoms with Crippen LogP contribution in [0, 0.1) is 0 Å². The molecule has 0 saturated heterocycles. The minimum atomic E-state index is -0.515. The minimum Gasteiger partial charge on any atom is -0.378 e. The van der Waals surface area contributed by atoms with Crippen molar-refractivity contribution in [2.75, 3.05) is 24.3 Å². The van der Waals surface area contributed by atoms with Gasteiger partial charge in [-0.15, -0.1) is 11.6 Å². The molecule has 0 radical (unpaired) electrons. The SMILES string of the molecule is CC(Cl)C(=O)Nc1ccc(N(C)C)cc1. The van der Waals surface area contributed by atoms with Gasteiger partial charge in [0.1, 0.15) is 5.38 Å². The van der Waals surface area contributed by atoms with Crippen molar-refractivity contribution >= 4 is 28.9 Å². The second-order valence-corrected chi connectivity index (χ2v) is 4.20. The quantitative estimate of drug-likeness (QED) is 0.803. The Balaban J connectivity index is 2.69. The number of hydrogen-bond donors (Lipinski definition) is 1. The van der Waals surface area contributed by atoms with Gasteiger partial charge in [0.15, 0.2) is 0 Å². The van der Waals surface area contributed by atoms with Gasteiger partial charge in [0.25, 0.3) is 0 Å². The summed E-state index contributed by atoms with van der Waals surface area (Å²) < 4.78 is 0. The third-order valence-electron chi connectivity index (χ3n) is 2.01. The lowest BCUT2D eigenvalue weighted by Crippen LogP contribution is -2.20. The number of hydrogen-bond acceptors (Lipinski definition) is 2. The molecular weight excluding hydrogens is 212 g/mol. The number of benzene rings is 1. The second kappa shape index (κ2) is 5.03. The number of halogens is 1. The molecule has 1 rings (SSSR count).